The molecule has 3 rings (SSSR count). The predicted octanol–water partition coefficient (Wildman–Crippen LogP) is 2.67. The van der Waals surface area contributed by atoms with Gasteiger partial charge in [-0.1, -0.05) is 42.1 Å². The number of hydrogen-bond donors (Lipinski definition) is 0. The number of carbonyl (C=O) groups is 2. The van der Waals surface area contributed by atoms with Gasteiger partial charge in [0.05, 0.1) is 0 Å². The summed E-state index contributed by atoms with van der Waals surface area (Å²) in [5, 5.41) is 0.143. The molecule has 1 amide bonds. The Bertz CT molecular complexity index is 516. The zero-order valence-corrected chi connectivity index (χ0v) is 12.4. The lowest BCUT2D eigenvalue weighted by atomic mass is 10.1. The Morgan fingerprint density at radius 2 is 2.10 bits per heavy atom. The van der Waals surface area contributed by atoms with Crippen LogP contribution in [0.2, 0.25) is 0 Å². The Morgan fingerprint density at radius 3 is 2.80 bits per heavy atom. The van der Waals surface area contributed by atoms with E-state index in [1.54, 1.807) is 6.92 Å². The molecule has 1 saturated heterocycles. The lowest BCUT2D eigenvalue weighted by Gasteiger charge is -2.16. The molecule has 2 fully saturated rings. The third-order valence-electron chi connectivity index (χ3n) is 4.15. The Labute approximate surface area is 123 Å². The minimum atomic E-state index is 0.143. The van der Waals surface area contributed by atoms with Gasteiger partial charge < -0.3 is 4.90 Å². The van der Waals surface area contributed by atoms with Crippen molar-refractivity contribution in [2.24, 2.45) is 5.92 Å². The number of amides is 1. The van der Waals surface area contributed by atoms with Crippen LogP contribution in [-0.4, -0.2) is 34.3 Å². The molecule has 0 radical (unpaired) electrons. The van der Waals surface area contributed by atoms with E-state index in [-0.39, 0.29) is 11.0 Å². The zero-order valence-electron chi connectivity index (χ0n) is 11.6. The second-order valence-corrected chi connectivity index (χ2v) is 6.94. The van der Waals surface area contributed by atoms with E-state index in [1.165, 1.54) is 17.3 Å². The van der Waals surface area contributed by atoms with Gasteiger partial charge in [-0.2, -0.15) is 0 Å². The van der Waals surface area contributed by atoms with Gasteiger partial charge in [-0.25, -0.2) is 0 Å². The predicted molar refractivity (Wildman–Crippen MR) is 80.5 cm³/mol. The maximum Gasteiger partial charge on any atom is 0.223 e. The molecule has 20 heavy (non-hydrogen) atoms. The van der Waals surface area contributed by atoms with Gasteiger partial charge in [-0.15, -0.1) is 0 Å². The molecule has 4 heteroatoms. The minimum Gasteiger partial charge on any atom is -0.339 e. The van der Waals surface area contributed by atoms with Gasteiger partial charge >= 0.3 is 0 Å². The topological polar surface area (TPSA) is 37.4 Å². The van der Waals surface area contributed by atoms with Crippen molar-refractivity contribution in [2.75, 3.05) is 12.3 Å². The van der Waals surface area contributed by atoms with Gasteiger partial charge in [0.2, 0.25) is 5.91 Å². The number of hydrogen-bond acceptors (Lipinski definition) is 3. The van der Waals surface area contributed by atoms with Crippen molar-refractivity contribution >= 4 is 22.8 Å². The van der Waals surface area contributed by atoms with Gasteiger partial charge in [0.1, 0.15) is 0 Å². The van der Waals surface area contributed by atoms with Gasteiger partial charge in [0.25, 0.3) is 0 Å². The van der Waals surface area contributed by atoms with Crippen molar-refractivity contribution in [1.29, 1.82) is 0 Å². The summed E-state index contributed by atoms with van der Waals surface area (Å²) in [5.41, 5.74) is 1.34. The molecule has 1 aliphatic carbocycles. The molecular weight excluding hydrogens is 270 g/mol. The van der Waals surface area contributed by atoms with Crippen LogP contribution in [0.15, 0.2) is 30.3 Å². The smallest absolute Gasteiger partial charge is 0.223 e. The fourth-order valence-electron chi connectivity index (χ4n) is 3.06. The van der Waals surface area contributed by atoms with Crippen LogP contribution in [0.25, 0.3) is 0 Å². The largest absolute Gasteiger partial charge is 0.339 e. The average Bonchev–Trinajstić information content (AvgIpc) is 3.15. The molecule has 1 heterocycles. The number of likely N-dealkylation sites (tertiary alicyclic amines) is 1. The summed E-state index contributed by atoms with van der Waals surface area (Å²) >= 11 is 1.34. The molecule has 3 nitrogen and oxygen atoms in total. The van der Waals surface area contributed by atoms with Crippen LogP contribution in [-0.2, 0) is 9.59 Å². The van der Waals surface area contributed by atoms with E-state index in [9.17, 15) is 9.59 Å². The number of benzene rings is 1. The van der Waals surface area contributed by atoms with Crippen LogP contribution in [0.1, 0.15) is 31.2 Å². The third kappa shape index (κ3) is 2.90. The van der Waals surface area contributed by atoms with E-state index in [4.69, 9.17) is 0 Å². The van der Waals surface area contributed by atoms with Crippen LogP contribution < -0.4 is 0 Å². The third-order valence-corrected chi connectivity index (χ3v) is 5.19. The number of thioether (sulfide) groups is 1. The monoisotopic (exact) mass is 289 g/mol. The van der Waals surface area contributed by atoms with Crippen LogP contribution in [0.3, 0.4) is 0 Å². The van der Waals surface area contributed by atoms with Crippen molar-refractivity contribution in [1.82, 2.24) is 4.90 Å². The second kappa shape index (κ2) is 5.60. The molecule has 3 unspecified atom stereocenters. The van der Waals surface area contributed by atoms with Crippen LogP contribution in [0, 0.1) is 5.92 Å². The summed E-state index contributed by atoms with van der Waals surface area (Å²) in [5.74, 6) is 1.90. The average molecular weight is 289 g/mol. The van der Waals surface area contributed by atoms with E-state index in [0.29, 0.717) is 24.3 Å². The Morgan fingerprint density at radius 1 is 1.35 bits per heavy atom. The highest BCUT2D eigenvalue weighted by Gasteiger charge is 2.47. The van der Waals surface area contributed by atoms with Crippen molar-refractivity contribution in [2.45, 2.75) is 31.7 Å². The first kappa shape index (κ1) is 13.7. The van der Waals surface area contributed by atoms with Crippen LogP contribution >= 0.6 is 11.8 Å². The maximum atomic E-state index is 12.1. The lowest BCUT2D eigenvalue weighted by Crippen LogP contribution is -2.28. The lowest BCUT2D eigenvalue weighted by molar-refractivity contribution is -0.128. The number of nitrogens with zero attached hydrogens (tertiary/aromatic N) is 1. The molecule has 3 atom stereocenters. The number of rotatable bonds is 4. The van der Waals surface area contributed by atoms with E-state index in [1.807, 2.05) is 11.0 Å². The SMILES string of the molecule is CC(=O)SCC1CC(=O)N(C2CC2c2ccccc2)C1. The highest BCUT2D eigenvalue weighted by molar-refractivity contribution is 8.13. The Balaban J connectivity index is 1.57. The summed E-state index contributed by atoms with van der Waals surface area (Å²) in [6.45, 7) is 2.42. The molecule has 1 aliphatic heterocycles. The first-order valence-electron chi connectivity index (χ1n) is 7.13. The quantitative estimate of drug-likeness (QED) is 0.855. The Hall–Kier alpha value is -1.29. The summed E-state index contributed by atoms with van der Waals surface area (Å²) in [6.07, 6.45) is 1.70. The Kier molecular flexibility index (Phi) is 3.83. The van der Waals surface area contributed by atoms with Gasteiger partial charge in [-0.05, 0) is 17.9 Å². The molecule has 106 valence electrons. The normalized spacial score (nSPS) is 28.8. The first-order chi connectivity index (χ1) is 9.65. The molecule has 1 saturated carbocycles. The summed E-state index contributed by atoms with van der Waals surface area (Å²) in [4.78, 5) is 25.2. The first-order valence-corrected chi connectivity index (χ1v) is 8.11. The molecule has 1 aromatic carbocycles. The maximum absolute atomic E-state index is 12.1. The molecule has 0 bridgehead atoms. The highest BCUT2D eigenvalue weighted by atomic mass is 32.2. The van der Waals surface area contributed by atoms with E-state index in [0.717, 1.165) is 18.7 Å². The van der Waals surface area contributed by atoms with E-state index in [2.05, 4.69) is 24.3 Å². The molecule has 1 aromatic rings. The molecule has 0 spiro atoms. The van der Waals surface area contributed by atoms with Crippen molar-refractivity contribution in [3.63, 3.8) is 0 Å². The molecule has 0 aromatic heterocycles. The fourth-order valence-corrected chi connectivity index (χ4v) is 3.75. The molecule has 2 aliphatic rings. The molecular formula is C16H19NO2S. The van der Waals surface area contributed by atoms with Crippen LogP contribution in [0.4, 0.5) is 0 Å². The van der Waals surface area contributed by atoms with Crippen molar-refractivity contribution in [3.05, 3.63) is 35.9 Å². The second-order valence-electron chi connectivity index (χ2n) is 5.74. The summed E-state index contributed by atoms with van der Waals surface area (Å²) in [6, 6.07) is 10.8. The molecule has 0 N–H and O–H groups in total. The van der Waals surface area contributed by atoms with Gasteiger partial charge in [-0.3, -0.25) is 9.59 Å². The van der Waals surface area contributed by atoms with Gasteiger partial charge in [0.15, 0.2) is 5.12 Å². The minimum absolute atomic E-state index is 0.143. The van der Waals surface area contributed by atoms with E-state index >= 15 is 0 Å². The fraction of sp³-hybridized carbons (Fsp3) is 0.500. The summed E-state index contributed by atoms with van der Waals surface area (Å²) in [7, 11) is 0. The summed E-state index contributed by atoms with van der Waals surface area (Å²) < 4.78 is 0. The van der Waals surface area contributed by atoms with Gasteiger partial charge in [0, 0.05) is 37.6 Å². The van der Waals surface area contributed by atoms with E-state index < -0.39 is 0 Å². The zero-order chi connectivity index (χ0) is 14.1. The van der Waals surface area contributed by atoms with Crippen LogP contribution in [0.5, 0.6) is 0 Å². The highest BCUT2D eigenvalue weighted by Crippen LogP contribution is 2.46. The van der Waals surface area contributed by atoms with Crippen molar-refractivity contribution < 1.29 is 9.59 Å². The standard InChI is InChI=1S/C16H19NO2S/c1-11(18)20-10-12-7-16(19)17(9-12)15-8-14(15)13-5-3-2-4-6-13/h2-6,12,14-15H,7-10H2,1H3. The number of carbonyl (C=O) groups excluding carboxylic acids is 2. The van der Waals surface area contributed by atoms with Crippen molar-refractivity contribution in [3.8, 4) is 0 Å².